The Morgan fingerprint density at radius 3 is 2.38 bits per heavy atom. The maximum Gasteiger partial charge on any atom is 0.308 e. The van der Waals surface area contributed by atoms with Crippen LogP contribution in [0.3, 0.4) is 0 Å². The number of amides is 1. The van der Waals surface area contributed by atoms with Crippen LogP contribution in [0.4, 0.5) is 0 Å². The number of allylic oxidation sites excluding steroid dienone is 2. The van der Waals surface area contributed by atoms with Crippen LogP contribution in [0.25, 0.3) is 29.2 Å². The molecule has 0 aliphatic carbocycles. The fraction of sp³-hybridized carbons (Fsp3) is 0.568. The van der Waals surface area contributed by atoms with E-state index in [9.17, 15) is 24.3 Å². The second-order valence-corrected chi connectivity index (χ2v) is 15.5. The van der Waals surface area contributed by atoms with Gasteiger partial charge in [-0.05, 0) is 56.1 Å². The minimum atomic E-state index is -1.10. The first kappa shape index (κ1) is 47.6. The van der Waals surface area contributed by atoms with Crippen molar-refractivity contribution in [1.29, 1.82) is 0 Å². The lowest BCUT2D eigenvalue weighted by Gasteiger charge is -2.31. The highest BCUT2D eigenvalue weighted by atomic mass is 16.5. The van der Waals surface area contributed by atoms with E-state index in [0.29, 0.717) is 67.9 Å². The maximum absolute atomic E-state index is 13.3. The molecule has 4 heterocycles. The molecule has 4 rings (SSSR count). The number of cyclic esters (lactones) is 1. The molecule has 16 heteroatoms. The number of ketones is 2. The van der Waals surface area contributed by atoms with Crippen LogP contribution in [-0.4, -0.2) is 102 Å². The van der Waals surface area contributed by atoms with Gasteiger partial charge in [-0.2, -0.15) is 0 Å². The number of rotatable bonds is 15. The highest BCUT2D eigenvalue weighted by molar-refractivity contribution is 5.92. The number of hydrogen-bond donors (Lipinski definition) is 1. The van der Waals surface area contributed by atoms with E-state index in [4.69, 9.17) is 32.2 Å². The second kappa shape index (κ2) is 23.7. The van der Waals surface area contributed by atoms with Crippen molar-refractivity contribution in [2.75, 3.05) is 28.4 Å². The Balaban J connectivity index is 1.48. The fourth-order valence-electron chi connectivity index (χ4n) is 7.01. The van der Waals surface area contributed by atoms with E-state index < -0.39 is 30.2 Å². The van der Waals surface area contributed by atoms with Crippen molar-refractivity contribution in [2.24, 2.45) is 23.7 Å². The summed E-state index contributed by atoms with van der Waals surface area (Å²) in [6.45, 7) is 7.54. The second-order valence-electron chi connectivity index (χ2n) is 15.5. The molecule has 0 unspecified atom stereocenters. The smallest absolute Gasteiger partial charge is 0.308 e. The Morgan fingerprint density at radius 2 is 1.67 bits per heavy atom. The van der Waals surface area contributed by atoms with Crippen LogP contribution in [0.15, 0.2) is 62.5 Å². The topological polar surface area (TPSA) is 207 Å². The van der Waals surface area contributed by atoms with Gasteiger partial charge in [-0.15, -0.1) is 0 Å². The molecule has 60 heavy (non-hydrogen) atoms. The number of aliphatic hydroxyl groups excluding tert-OH is 1. The molecule has 3 aromatic heterocycles. The summed E-state index contributed by atoms with van der Waals surface area (Å²) in [5, 5.41) is 10.8. The van der Waals surface area contributed by atoms with Crippen LogP contribution in [0.5, 0.6) is 0 Å². The molecule has 1 aliphatic rings. The van der Waals surface area contributed by atoms with Crippen LogP contribution in [-0.2, 0) is 38.1 Å². The third-order valence-corrected chi connectivity index (χ3v) is 11.0. The Hall–Kier alpha value is -5.03. The first-order valence-electron chi connectivity index (χ1n) is 20.3. The SMILES string of the molecule is CO[C@@H](C[C@@H]1OC(=O)C[C@H](O)C/C=C/C(=O)[C@@H](C)[C@@H](OC)c2coc(n2)-c2coc(n2)-c2coc(n2)/C=C/CC[C@H]1C)[C@@H](C)CCC(=O)[C@H](C)[C@@H](C/C=C/N(C)C=O)OC. The molecule has 1 N–H and O–H groups in total. The van der Waals surface area contributed by atoms with E-state index in [2.05, 4.69) is 15.0 Å². The van der Waals surface area contributed by atoms with Gasteiger partial charge in [0, 0.05) is 53.3 Å². The van der Waals surface area contributed by atoms with Gasteiger partial charge in [0.25, 0.3) is 0 Å². The summed E-state index contributed by atoms with van der Waals surface area (Å²) in [6, 6.07) is 0. The Kier molecular flexibility index (Phi) is 18.8. The molecule has 6 bridgehead atoms. The van der Waals surface area contributed by atoms with Gasteiger partial charge in [0.1, 0.15) is 42.5 Å². The zero-order valence-electron chi connectivity index (χ0n) is 35.9. The molecule has 0 saturated heterocycles. The number of aromatic nitrogens is 3. The average molecular weight is 837 g/mol. The third kappa shape index (κ3) is 13.8. The number of nitrogens with zero attached hydrogens (tertiary/aromatic N) is 4. The zero-order valence-corrected chi connectivity index (χ0v) is 35.9. The van der Waals surface area contributed by atoms with E-state index in [1.54, 1.807) is 46.5 Å². The summed E-state index contributed by atoms with van der Waals surface area (Å²) < 4.78 is 40.2. The molecule has 0 aromatic carbocycles. The van der Waals surface area contributed by atoms with Gasteiger partial charge < -0.3 is 42.2 Å². The standard InChI is InChI=1S/C44H60N4O12/c1-27-13-9-10-17-40-45-33(24-57-40)43-47-34(25-59-43)44-46-32(23-58-44)42(56-8)30(4)35(51)15-11-14-31(50)21-41(53)60-39(27)22-38(55-7)28(2)18-19-36(52)29(3)37(54-6)16-12-20-48(5)26-49/h10-12,15,17,20,23-31,37-39,42,50H,9,13-14,16,18-19,21-22H2,1-8H3/b15-11+,17-10+,20-12+/t27-,28+,29+,30-,31-,37-,38+,39+,42-/m1/s1. The molecular weight excluding hydrogens is 776 g/mol. The molecule has 0 saturated carbocycles. The number of oxazole rings is 3. The van der Waals surface area contributed by atoms with E-state index in [1.807, 2.05) is 26.8 Å². The first-order valence-corrected chi connectivity index (χ1v) is 20.3. The van der Waals surface area contributed by atoms with Gasteiger partial charge in [0.05, 0.1) is 30.7 Å². The van der Waals surface area contributed by atoms with Gasteiger partial charge in [0.15, 0.2) is 17.2 Å². The average Bonchev–Trinajstić information content (AvgIpc) is 4.03. The minimum Gasteiger partial charge on any atom is -0.462 e. The molecule has 16 nitrogen and oxygen atoms in total. The molecule has 1 amide bonds. The monoisotopic (exact) mass is 836 g/mol. The Morgan fingerprint density at radius 1 is 0.967 bits per heavy atom. The predicted octanol–water partition coefficient (Wildman–Crippen LogP) is 6.96. The van der Waals surface area contributed by atoms with Crippen LogP contribution in [0.2, 0.25) is 0 Å². The maximum atomic E-state index is 13.3. The van der Waals surface area contributed by atoms with Crippen molar-refractivity contribution < 1.29 is 56.5 Å². The van der Waals surface area contributed by atoms with Crippen LogP contribution in [0.1, 0.15) is 96.8 Å². The number of carbonyl (C=O) groups is 4. The summed E-state index contributed by atoms with van der Waals surface area (Å²) in [4.78, 5) is 65.5. The molecule has 9 atom stereocenters. The van der Waals surface area contributed by atoms with Crippen LogP contribution < -0.4 is 0 Å². The predicted molar refractivity (Wildman–Crippen MR) is 219 cm³/mol. The largest absolute Gasteiger partial charge is 0.462 e. The summed E-state index contributed by atoms with van der Waals surface area (Å²) in [6.07, 6.45) is 14.5. The van der Waals surface area contributed by atoms with Gasteiger partial charge >= 0.3 is 5.97 Å². The lowest BCUT2D eigenvalue weighted by Crippen LogP contribution is -2.34. The Labute approximate surface area is 351 Å². The molecule has 3 aromatic rings. The molecule has 0 spiro atoms. The molecule has 0 fully saturated rings. The zero-order chi connectivity index (χ0) is 43.8. The number of ether oxygens (including phenoxy) is 4. The number of fused-ring (bicyclic) bond motifs is 8. The summed E-state index contributed by atoms with van der Waals surface area (Å²) in [5.41, 5.74) is 1.07. The number of methoxy groups -OCH3 is 3. The van der Waals surface area contributed by atoms with Crippen LogP contribution >= 0.6 is 0 Å². The third-order valence-electron chi connectivity index (χ3n) is 11.0. The summed E-state index contributed by atoms with van der Waals surface area (Å²) in [7, 11) is 6.27. The fourth-order valence-corrected chi connectivity index (χ4v) is 7.01. The number of hydrogen-bond acceptors (Lipinski definition) is 15. The summed E-state index contributed by atoms with van der Waals surface area (Å²) >= 11 is 0. The highest BCUT2D eigenvalue weighted by Crippen LogP contribution is 2.31. The Bertz CT molecular complexity index is 1910. The molecule has 328 valence electrons. The summed E-state index contributed by atoms with van der Waals surface area (Å²) in [5.74, 6) is -1.32. The van der Waals surface area contributed by atoms with Gasteiger partial charge in [-0.25, -0.2) is 15.0 Å². The number of Topliss-reactive ketones (excluding diaryl/α,β-unsaturated/α-hetero) is 1. The first-order chi connectivity index (χ1) is 28.8. The molecular formula is C44H60N4O12. The normalized spacial score (nSPS) is 24.1. The van der Waals surface area contributed by atoms with E-state index in [0.717, 1.165) is 0 Å². The van der Waals surface area contributed by atoms with Crippen LogP contribution in [0, 0.1) is 23.7 Å². The van der Waals surface area contributed by atoms with Crippen molar-refractivity contribution in [2.45, 2.75) is 110 Å². The van der Waals surface area contributed by atoms with Crippen molar-refractivity contribution in [3.8, 4) is 23.2 Å². The number of carbonyl (C=O) groups excluding carboxylic acids is 4. The van der Waals surface area contributed by atoms with Gasteiger partial charge in [0.2, 0.25) is 24.1 Å². The van der Waals surface area contributed by atoms with Crippen molar-refractivity contribution in [1.82, 2.24) is 19.9 Å². The van der Waals surface area contributed by atoms with Gasteiger partial charge in [-0.1, -0.05) is 45.9 Å². The van der Waals surface area contributed by atoms with Crippen molar-refractivity contribution in [3.63, 3.8) is 0 Å². The van der Waals surface area contributed by atoms with Crippen molar-refractivity contribution in [3.05, 3.63) is 60.9 Å². The van der Waals surface area contributed by atoms with Gasteiger partial charge in [-0.3, -0.25) is 19.2 Å². The number of aliphatic hydroxyl groups is 1. The lowest BCUT2D eigenvalue weighted by atomic mass is 9.86. The lowest BCUT2D eigenvalue weighted by molar-refractivity contribution is -0.156. The van der Waals surface area contributed by atoms with E-state index in [1.165, 1.54) is 43.0 Å². The van der Waals surface area contributed by atoms with Crippen molar-refractivity contribution >= 4 is 30.0 Å². The van der Waals surface area contributed by atoms with E-state index >= 15 is 0 Å². The highest BCUT2D eigenvalue weighted by Gasteiger charge is 2.31. The number of esters is 1. The molecule has 0 radical (unpaired) electrons. The van der Waals surface area contributed by atoms with E-state index in [-0.39, 0.29) is 66.2 Å². The molecule has 1 aliphatic heterocycles. The minimum absolute atomic E-state index is 0.0431. The quantitative estimate of drug-likeness (QED) is 0.121.